The van der Waals surface area contributed by atoms with Crippen LogP contribution in [-0.2, 0) is 8.85 Å². The monoisotopic (exact) mass is 214 g/mol. The van der Waals surface area contributed by atoms with Gasteiger partial charge in [-0.1, -0.05) is 19.9 Å². The van der Waals surface area contributed by atoms with Crippen LogP contribution >= 0.6 is 0 Å². The van der Waals surface area contributed by atoms with Crippen LogP contribution in [0, 0.1) is 0 Å². The maximum absolute atomic E-state index is 5.55. The summed E-state index contributed by atoms with van der Waals surface area (Å²) < 4.78 is 11.0. The zero-order valence-corrected chi connectivity index (χ0v) is 10.5. The van der Waals surface area contributed by atoms with E-state index in [1.165, 1.54) is 0 Å². The highest BCUT2D eigenvalue weighted by atomic mass is 28.2. The normalized spacial score (nSPS) is 12.8. The van der Waals surface area contributed by atoms with Crippen LogP contribution in [0.3, 0.4) is 0 Å². The highest BCUT2D eigenvalue weighted by Gasteiger charge is 2.03. The summed E-state index contributed by atoms with van der Waals surface area (Å²) in [7, 11) is 1.22. The summed E-state index contributed by atoms with van der Waals surface area (Å²) in [5, 5.41) is 0. The van der Waals surface area contributed by atoms with Crippen molar-refractivity contribution in [3.63, 3.8) is 0 Å². The molecule has 1 unspecified atom stereocenters. The van der Waals surface area contributed by atoms with Crippen LogP contribution in [0.4, 0.5) is 0 Å². The number of rotatable bonds is 9. The van der Waals surface area contributed by atoms with Crippen LogP contribution in [0.2, 0.25) is 12.1 Å². The van der Waals surface area contributed by atoms with Gasteiger partial charge in [0.15, 0.2) is 0 Å². The van der Waals surface area contributed by atoms with Crippen LogP contribution in [0.5, 0.6) is 0 Å². The molecule has 13 heavy (non-hydrogen) atoms. The lowest BCUT2D eigenvalue weighted by Crippen LogP contribution is -2.15. The van der Waals surface area contributed by atoms with Crippen LogP contribution < -0.4 is 0 Å². The molecule has 0 fully saturated rings. The average Bonchev–Trinajstić information content (AvgIpc) is 2.17. The molecule has 0 aliphatic heterocycles. The Morgan fingerprint density at radius 3 is 2.54 bits per heavy atom. The van der Waals surface area contributed by atoms with Crippen molar-refractivity contribution < 1.29 is 8.85 Å². The van der Waals surface area contributed by atoms with Crippen LogP contribution in [0.15, 0.2) is 12.7 Å². The third-order valence-electron chi connectivity index (χ3n) is 1.39. The van der Waals surface area contributed by atoms with Gasteiger partial charge in [0.05, 0.1) is 6.10 Å². The van der Waals surface area contributed by atoms with Crippen LogP contribution in [0.25, 0.3) is 0 Å². The quantitative estimate of drug-likeness (QED) is 0.332. The van der Waals surface area contributed by atoms with Crippen molar-refractivity contribution >= 4 is 19.5 Å². The van der Waals surface area contributed by atoms with E-state index in [1.807, 2.05) is 6.08 Å². The fourth-order valence-corrected chi connectivity index (χ4v) is 1.83. The Balaban J connectivity index is 3.31. The van der Waals surface area contributed by atoms with Gasteiger partial charge in [-0.2, -0.15) is 0 Å². The van der Waals surface area contributed by atoms with Crippen molar-refractivity contribution in [2.75, 3.05) is 6.61 Å². The molecule has 0 heterocycles. The predicted octanol–water partition coefficient (Wildman–Crippen LogP) is 2.08. The minimum absolute atomic E-state index is 0.180. The van der Waals surface area contributed by atoms with E-state index in [0.29, 0.717) is 19.5 Å². The van der Waals surface area contributed by atoms with Gasteiger partial charge in [0.1, 0.15) is 0 Å². The molecule has 0 aliphatic rings. The first kappa shape index (κ1) is 13.1. The molecule has 0 N–H and O–H groups in total. The Bertz CT molecular complexity index is 120. The molecule has 0 amide bonds. The lowest BCUT2D eigenvalue weighted by Gasteiger charge is -2.12. The lowest BCUT2D eigenvalue weighted by atomic mass is 10.3. The van der Waals surface area contributed by atoms with Gasteiger partial charge in [0.25, 0.3) is 0 Å². The lowest BCUT2D eigenvalue weighted by molar-refractivity contribution is 0.209. The topological polar surface area (TPSA) is 18.5 Å². The molecule has 1 atom stereocenters. The van der Waals surface area contributed by atoms with E-state index in [2.05, 4.69) is 20.4 Å². The van der Waals surface area contributed by atoms with E-state index in [-0.39, 0.29) is 6.10 Å². The van der Waals surface area contributed by atoms with E-state index in [9.17, 15) is 0 Å². The van der Waals surface area contributed by atoms with Crippen molar-refractivity contribution in [1.29, 1.82) is 0 Å². The summed E-state index contributed by atoms with van der Waals surface area (Å²) in [6, 6.07) is 2.19. The molecule has 74 valence electrons. The molecule has 4 heteroatoms. The zero-order chi connectivity index (χ0) is 9.94. The molecule has 0 aromatic heterocycles. The SMILES string of the molecule is C=CC(CCO[Si]CC)O[Si]CC. The Hall–Kier alpha value is 0.0938. The van der Waals surface area contributed by atoms with Crippen LogP contribution in [0.1, 0.15) is 20.3 Å². The maximum atomic E-state index is 5.55. The molecule has 0 aromatic rings. The summed E-state index contributed by atoms with van der Waals surface area (Å²) in [6.45, 7) is 8.77. The Morgan fingerprint density at radius 2 is 2.00 bits per heavy atom. The standard InChI is InChI=1S/C9H18O2Si2/c1-4-9(11-13-6-3)7-8-10-12-5-2/h4,9H,1,5-8H2,2-3H3. The largest absolute Gasteiger partial charge is 0.417 e. The minimum Gasteiger partial charge on any atom is -0.417 e. The molecule has 0 bridgehead atoms. The van der Waals surface area contributed by atoms with Gasteiger partial charge < -0.3 is 8.85 Å². The number of hydrogen-bond donors (Lipinski definition) is 0. The fraction of sp³-hybridized carbons (Fsp3) is 0.778. The molecule has 0 saturated heterocycles. The third-order valence-corrected chi connectivity index (χ3v) is 2.85. The molecule has 0 aromatic carbocycles. The minimum atomic E-state index is 0.180. The second-order valence-electron chi connectivity index (χ2n) is 2.52. The van der Waals surface area contributed by atoms with Gasteiger partial charge in [-0.3, -0.25) is 0 Å². The molecular weight excluding hydrogens is 196 g/mol. The average molecular weight is 214 g/mol. The fourth-order valence-electron chi connectivity index (χ4n) is 0.765. The van der Waals surface area contributed by atoms with E-state index in [1.54, 1.807) is 0 Å². The van der Waals surface area contributed by atoms with Crippen molar-refractivity contribution in [2.45, 2.75) is 38.5 Å². The van der Waals surface area contributed by atoms with E-state index >= 15 is 0 Å². The van der Waals surface area contributed by atoms with Gasteiger partial charge in [0, 0.05) is 6.61 Å². The predicted molar refractivity (Wildman–Crippen MR) is 58.1 cm³/mol. The summed E-state index contributed by atoms with van der Waals surface area (Å²) in [5.41, 5.74) is 0. The smallest absolute Gasteiger partial charge is 0.230 e. The van der Waals surface area contributed by atoms with Gasteiger partial charge in [0.2, 0.25) is 19.5 Å². The van der Waals surface area contributed by atoms with E-state index in [0.717, 1.165) is 25.1 Å². The van der Waals surface area contributed by atoms with E-state index < -0.39 is 0 Å². The Labute approximate surface area is 86.6 Å². The molecule has 0 saturated carbocycles. The summed E-state index contributed by atoms with van der Waals surface area (Å²) in [4.78, 5) is 0. The van der Waals surface area contributed by atoms with Gasteiger partial charge in [-0.15, -0.1) is 6.58 Å². The van der Waals surface area contributed by atoms with E-state index in [4.69, 9.17) is 8.85 Å². The highest BCUT2D eigenvalue weighted by Crippen LogP contribution is 2.00. The molecule has 0 spiro atoms. The van der Waals surface area contributed by atoms with Crippen molar-refractivity contribution in [2.24, 2.45) is 0 Å². The second-order valence-corrected chi connectivity index (χ2v) is 5.04. The van der Waals surface area contributed by atoms with Crippen molar-refractivity contribution in [1.82, 2.24) is 0 Å². The summed E-state index contributed by atoms with van der Waals surface area (Å²) in [6.07, 6.45) is 2.98. The first-order chi connectivity index (χ1) is 6.35. The Kier molecular flexibility index (Phi) is 10.2. The van der Waals surface area contributed by atoms with Crippen molar-refractivity contribution in [3.8, 4) is 0 Å². The molecule has 0 aliphatic carbocycles. The molecule has 2 nitrogen and oxygen atoms in total. The first-order valence-electron chi connectivity index (χ1n) is 4.70. The molecular formula is C9H18O2Si2. The molecule has 4 radical (unpaired) electrons. The highest BCUT2D eigenvalue weighted by molar-refractivity contribution is 6.27. The Morgan fingerprint density at radius 1 is 1.31 bits per heavy atom. The number of hydrogen-bond acceptors (Lipinski definition) is 2. The van der Waals surface area contributed by atoms with Gasteiger partial charge in [-0.25, -0.2) is 0 Å². The summed E-state index contributed by atoms with van der Waals surface area (Å²) >= 11 is 0. The second kappa shape index (κ2) is 10.2. The zero-order valence-electron chi connectivity index (χ0n) is 8.51. The summed E-state index contributed by atoms with van der Waals surface area (Å²) in [5.74, 6) is 0. The molecule has 0 rings (SSSR count). The third kappa shape index (κ3) is 8.42. The first-order valence-corrected chi connectivity index (χ1v) is 6.93. The van der Waals surface area contributed by atoms with Crippen molar-refractivity contribution in [3.05, 3.63) is 12.7 Å². The van der Waals surface area contributed by atoms with Crippen LogP contribution in [-0.4, -0.2) is 32.2 Å². The maximum Gasteiger partial charge on any atom is 0.230 e. The van der Waals surface area contributed by atoms with Gasteiger partial charge >= 0.3 is 0 Å². The van der Waals surface area contributed by atoms with Gasteiger partial charge in [-0.05, 0) is 18.5 Å².